The molecule has 2 nitrogen and oxygen atoms in total. The Balaban J connectivity index is 1.88. The van der Waals surface area contributed by atoms with E-state index in [2.05, 4.69) is 16.8 Å². The molecule has 1 fully saturated rings. The lowest BCUT2D eigenvalue weighted by atomic mass is 10.4. The van der Waals surface area contributed by atoms with Gasteiger partial charge in [0.2, 0.25) is 0 Å². The number of fused-ring (bicyclic) bond motifs is 1. The van der Waals surface area contributed by atoms with Gasteiger partial charge in [0.05, 0.1) is 4.88 Å². The van der Waals surface area contributed by atoms with E-state index in [1.165, 1.54) is 9.40 Å². The van der Waals surface area contributed by atoms with Gasteiger partial charge in [-0.05, 0) is 30.4 Å². The van der Waals surface area contributed by atoms with Crippen LogP contribution in [0.4, 0.5) is 0 Å². The maximum atomic E-state index is 11.7. The predicted octanol–water partition coefficient (Wildman–Crippen LogP) is 2.86. The Morgan fingerprint density at radius 2 is 2.29 bits per heavy atom. The summed E-state index contributed by atoms with van der Waals surface area (Å²) in [6.45, 7) is 0. The van der Waals surface area contributed by atoms with Gasteiger partial charge in [0.25, 0.3) is 5.91 Å². The fraction of sp³-hybridized carbons (Fsp3) is 0.300. The highest BCUT2D eigenvalue weighted by Crippen LogP contribution is 2.30. The molecular formula is C10H9NOS2. The van der Waals surface area contributed by atoms with Crippen molar-refractivity contribution < 1.29 is 4.79 Å². The smallest absolute Gasteiger partial charge is 0.261 e. The lowest BCUT2D eigenvalue weighted by Gasteiger charge is -1.98. The number of hydrogen-bond donors (Lipinski definition) is 1. The predicted molar refractivity (Wildman–Crippen MR) is 60.2 cm³/mol. The number of amides is 1. The Bertz CT molecular complexity index is 452. The van der Waals surface area contributed by atoms with E-state index < -0.39 is 0 Å². The Labute approximate surface area is 89.6 Å². The van der Waals surface area contributed by atoms with Crippen molar-refractivity contribution in [1.82, 2.24) is 5.32 Å². The standard InChI is InChI=1S/C10H9NOS2/c12-10(11-6-1-2-6)9-5-8-7(14-9)3-4-13-8/h3-6H,1-2H2,(H,11,12). The van der Waals surface area contributed by atoms with Gasteiger partial charge in [0.1, 0.15) is 0 Å². The molecule has 0 bridgehead atoms. The van der Waals surface area contributed by atoms with Crippen LogP contribution in [0.25, 0.3) is 9.40 Å². The molecule has 72 valence electrons. The highest BCUT2D eigenvalue weighted by molar-refractivity contribution is 7.27. The fourth-order valence-corrected chi connectivity index (χ4v) is 3.37. The monoisotopic (exact) mass is 223 g/mol. The molecule has 0 atom stereocenters. The average Bonchev–Trinajstić information content (AvgIpc) is 2.73. The van der Waals surface area contributed by atoms with Gasteiger partial charge < -0.3 is 5.32 Å². The Kier molecular flexibility index (Phi) is 1.85. The molecule has 1 saturated carbocycles. The number of carbonyl (C=O) groups excluding carboxylic acids is 1. The van der Waals surface area contributed by atoms with Crippen LogP contribution < -0.4 is 5.32 Å². The summed E-state index contributed by atoms with van der Waals surface area (Å²) < 4.78 is 2.44. The highest BCUT2D eigenvalue weighted by atomic mass is 32.1. The molecule has 2 aromatic rings. The molecule has 1 N–H and O–H groups in total. The van der Waals surface area contributed by atoms with E-state index in [9.17, 15) is 4.79 Å². The lowest BCUT2D eigenvalue weighted by molar-refractivity contribution is 0.0955. The normalized spacial score (nSPS) is 16.0. The molecule has 2 heterocycles. The van der Waals surface area contributed by atoms with Gasteiger partial charge in [0, 0.05) is 15.4 Å². The zero-order valence-electron chi connectivity index (χ0n) is 7.45. The van der Waals surface area contributed by atoms with Crippen molar-refractivity contribution in [3.63, 3.8) is 0 Å². The zero-order valence-corrected chi connectivity index (χ0v) is 9.08. The minimum absolute atomic E-state index is 0.0981. The Hall–Kier alpha value is -0.870. The van der Waals surface area contributed by atoms with E-state index in [1.54, 1.807) is 22.7 Å². The molecule has 1 aliphatic carbocycles. The van der Waals surface area contributed by atoms with Gasteiger partial charge in [0.15, 0.2) is 0 Å². The Morgan fingerprint density at radius 3 is 3.00 bits per heavy atom. The van der Waals surface area contributed by atoms with Crippen molar-refractivity contribution in [2.45, 2.75) is 18.9 Å². The van der Waals surface area contributed by atoms with E-state index >= 15 is 0 Å². The molecule has 0 spiro atoms. The summed E-state index contributed by atoms with van der Waals surface area (Å²) in [6.07, 6.45) is 2.29. The van der Waals surface area contributed by atoms with Crippen LogP contribution in [0.2, 0.25) is 0 Å². The number of carbonyl (C=O) groups is 1. The van der Waals surface area contributed by atoms with Gasteiger partial charge >= 0.3 is 0 Å². The largest absolute Gasteiger partial charge is 0.349 e. The molecule has 0 unspecified atom stereocenters. The summed E-state index contributed by atoms with van der Waals surface area (Å²) in [7, 11) is 0. The van der Waals surface area contributed by atoms with E-state index in [0.717, 1.165) is 17.7 Å². The van der Waals surface area contributed by atoms with Gasteiger partial charge in [-0.25, -0.2) is 0 Å². The SMILES string of the molecule is O=C(NC1CC1)c1cc2sccc2s1. The third kappa shape index (κ3) is 1.44. The summed E-state index contributed by atoms with van der Waals surface area (Å²) in [5.74, 6) is 0.0981. The maximum absolute atomic E-state index is 11.7. The lowest BCUT2D eigenvalue weighted by Crippen LogP contribution is -2.24. The van der Waals surface area contributed by atoms with Crippen molar-refractivity contribution in [3.05, 3.63) is 22.4 Å². The summed E-state index contributed by atoms with van der Waals surface area (Å²) in [5, 5.41) is 5.06. The first-order valence-corrected chi connectivity index (χ1v) is 6.30. The van der Waals surface area contributed by atoms with Crippen molar-refractivity contribution in [2.75, 3.05) is 0 Å². The number of hydrogen-bond acceptors (Lipinski definition) is 3. The van der Waals surface area contributed by atoms with Crippen LogP contribution in [0.5, 0.6) is 0 Å². The first-order valence-electron chi connectivity index (χ1n) is 4.61. The van der Waals surface area contributed by atoms with E-state index in [1.807, 2.05) is 6.07 Å². The zero-order chi connectivity index (χ0) is 9.54. The molecule has 4 heteroatoms. The van der Waals surface area contributed by atoms with Crippen molar-refractivity contribution in [2.24, 2.45) is 0 Å². The average molecular weight is 223 g/mol. The topological polar surface area (TPSA) is 29.1 Å². The molecule has 1 aliphatic rings. The molecule has 0 saturated heterocycles. The summed E-state index contributed by atoms with van der Waals surface area (Å²) in [6, 6.07) is 4.50. The maximum Gasteiger partial charge on any atom is 0.261 e. The van der Waals surface area contributed by atoms with Crippen LogP contribution in [0.1, 0.15) is 22.5 Å². The molecular weight excluding hydrogens is 214 g/mol. The molecule has 1 amide bonds. The highest BCUT2D eigenvalue weighted by Gasteiger charge is 2.24. The van der Waals surface area contributed by atoms with Crippen LogP contribution in [0.3, 0.4) is 0 Å². The number of thiophene rings is 2. The summed E-state index contributed by atoms with van der Waals surface area (Å²) >= 11 is 3.27. The van der Waals surface area contributed by atoms with Crippen LogP contribution in [0.15, 0.2) is 17.5 Å². The first-order chi connectivity index (χ1) is 6.83. The minimum Gasteiger partial charge on any atom is -0.349 e. The molecule has 2 aromatic heterocycles. The van der Waals surface area contributed by atoms with E-state index in [-0.39, 0.29) is 5.91 Å². The van der Waals surface area contributed by atoms with E-state index in [4.69, 9.17) is 0 Å². The van der Waals surface area contributed by atoms with Crippen LogP contribution in [0, 0.1) is 0 Å². The van der Waals surface area contributed by atoms with E-state index in [0.29, 0.717) is 6.04 Å². The Morgan fingerprint density at radius 1 is 1.43 bits per heavy atom. The molecule has 0 radical (unpaired) electrons. The first kappa shape index (κ1) is 8.44. The molecule has 0 aliphatic heterocycles. The van der Waals surface area contributed by atoms with Crippen LogP contribution >= 0.6 is 22.7 Å². The minimum atomic E-state index is 0.0981. The molecule has 0 aromatic carbocycles. The van der Waals surface area contributed by atoms with Crippen molar-refractivity contribution in [3.8, 4) is 0 Å². The van der Waals surface area contributed by atoms with Crippen LogP contribution in [-0.2, 0) is 0 Å². The van der Waals surface area contributed by atoms with Crippen molar-refractivity contribution in [1.29, 1.82) is 0 Å². The number of rotatable bonds is 2. The fourth-order valence-electron chi connectivity index (χ4n) is 1.36. The second kappa shape index (κ2) is 3.07. The summed E-state index contributed by atoms with van der Waals surface area (Å²) in [5.41, 5.74) is 0. The third-order valence-corrected chi connectivity index (χ3v) is 4.37. The quantitative estimate of drug-likeness (QED) is 0.833. The molecule has 3 rings (SSSR count). The third-order valence-electron chi connectivity index (χ3n) is 2.28. The van der Waals surface area contributed by atoms with Gasteiger partial charge in [-0.15, -0.1) is 22.7 Å². The van der Waals surface area contributed by atoms with Gasteiger partial charge in [-0.3, -0.25) is 4.79 Å². The second-order valence-electron chi connectivity index (χ2n) is 3.51. The number of nitrogens with one attached hydrogen (secondary N) is 1. The summed E-state index contributed by atoms with van der Waals surface area (Å²) in [4.78, 5) is 12.5. The van der Waals surface area contributed by atoms with Crippen LogP contribution in [-0.4, -0.2) is 11.9 Å². The van der Waals surface area contributed by atoms with Gasteiger partial charge in [-0.2, -0.15) is 0 Å². The second-order valence-corrected chi connectivity index (χ2v) is 5.54. The van der Waals surface area contributed by atoms with Crippen molar-refractivity contribution >= 4 is 38.0 Å². The van der Waals surface area contributed by atoms with Gasteiger partial charge in [-0.1, -0.05) is 0 Å². The molecule has 14 heavy (non-hydrogen) atoms.